The maximum atomic E-state index is 13.7. The minimum atomic E-state index is -0.616. The van der Waals surface area contributed by atoms with Crippen molar-refractivity contribution in [2.45, 2.75) is 43.1 Å². The molecular weight excluding hydrogens is 520 g/mol. The molecule has 0 spiro atoms. The summed E-state index contributed by atoms with van der Waals surface area (Å²) in [6.07, 6.45) is 2.90. The predicted molar refractivity (Wildman–Crippen MR) is 144 cm³/mol. The molecule has 0 fully saturated rings. The van der Waals surface area contributed by atoms with Crippen LogP contribution >= 0.6 is 34.7 Å². The van der Waals surface area contributed by atoms with Gasteiger partial charge in [0.15, 0.2) is 5.16 Å². The largest absolute Gasteiger partial charge is 0.324 e. The number of hydrogen-bond donors (Lipinski definition) is 1. The number of amides is 1. The topological polar surface area (TPSA) is 107 Å². The van der Waals surface area contributed by atoms with Crippen LogP contribution in [-0.2, 0) is 24.2 Å². The minimum absolute atomic E-state index is 0.0726. The summed E-state index contributed by atoms with van der Waals surface area (Å²) in [5.74, 6) is -0.356. The standard InChI is InChI=1S/C25H21ClN4O4S2/c1-14(22(31)27-19-11-10-16(30(33)34)12-18(19)26)35-25-28-23-21(17-8-5-9-20(17)36-23)24(32)29(25)13-15-6-3-2-4-7-15/h2-4,6-7,10-12,14H,5,8-9,13H2,1H3,(H,27,31)/t14-/m0/s1. The Morgan fingerprint density at radius 3 is 2.78 bits per heavy atom. The van der Waals surface area contributed by atoms with E-state index >= 15 is 0 Å². The fraction of sp³-hybridized carbons (Fsp3) is 0.240. The molecule has 1 N–H and O–H groups in total. The Morgan fingerprint density at radius 2 is 2.06 bits per heavy atom. The average molecular weight is 541 g/mol. The molecule has 2 aromatic heterocycles. The maximum absolute atomic E-state index is 13.7. The van der Waals surface area contributed by atoms with Crippen molar-refractivity contribution in [3.05, 3.63) is 90.0 Å². The second-order valence-electron chi connectivity index (χ2n) is 8.48. The predicted octanol–water partition coefficient (Wildman–Crippen LogP) is 5.68. The molecule has 1 amide bonds. The highest BCUT2D eigenvalue weighted by Crippen LogP contribution is 2.36. The quantitative estimate of drug-likeness (QED) is 0.140. The lowest BCUT2D eigenvalue weighted by molar-refractivity contribution is -0.384. The van der Waals surface area contributed by atoms with E-state index in [9.17, 15) is 19.7 Å². The zero-order chi connectivity index (χ0) is 25.4. The number of carbonyl (C=O) groups is 1. The van der Waals surface area contributed by atoms with Gasteiger partial charge in [0.2, 0.25) is 5.91 Å². The van der Waals surface area contributed by atoms with Crippen molar-refractivity contribution in [2.75, 3.05) is 5.32 Å². The van der Waals surface area contributed by atoms with Crippen molar-refractivity contribution in [1.29, 1.82) is 0 Å². The zero-order valence-electron chi connectivity index (χ0n) is 19.2. The second kappa shape index (κ2) is 10.0. The van der Waals surface area contributed by atoms with Gasteiger partial charge in [0.25, 0.3) is 11.2 Å². The second-order valence-corrected chi connectivity index (χ2v) is 11.3. The molecule has 0 saturated heterocycles. The van der Waals surface area contributed by atoms with Crippen LogP contribution in [0.4, 0.5) is 11.4 Å². The Balaban J connectivity index is 1.46. The van der Waals surface area contributed by atoms with E-state index in [-0.39, 0.29) is 27.9 Å². The molecule has 0 unspecified atom stereocenters. The van der Waals surface area contributed by atoms with Gasteiger partial charge in [-0.3, -0.25) is 24.3 Å². The van der Waals surface area contributed by atoms with Crippen LogP contribution in [0.5, 0.6) is 0 Å². The number of fused-ring (bicyclic) bond motifs is 3. The van der Waals surface area contributed by atoms with Crippen molar-refractivity contribution >= 4 is 62.2 Å². The number of nitrogens with zero attached hydrogens (tertiary/aromatic N) is 3. The van der Waals surface area contributed by atoms with Crippen molar-refractivity contribution < 1.29 is 9.72 Å². The fourth-order valence-electron chi connectivity index (χ4n) is 4.22. The summed E-state index contributed by atoms with van der Waals surface area (Å²) in [4.78, 5) is 43.8. The molecule has 8 nitrogen and oxygen atoms in total. The number of nitro benzene ring substituents is 1. The van der Waals surface area contributed by atoms with E-state index in [1.807, 2.05) is 30.3 Å². The first-order valence-corrected chi connectivity index (χ1v) is 13.4. The first kappa shape index (κ1) is 24.5. The van der Waals surface area contributed by atoms with Crippen molar-refractivity contribution in [2.24, 2.45) is 0 Å². The number of rotatable bonds is 7. The highest BCUT2D eigenvalue weighted by molar-refractivity contribution is 8.00. The third kappa shape index (κ3) is 4.76. The van der Waals surface area contributed by atoms with Crippen molar-refractivity contribution in [1.82, 2.24) is 9.55 Å². The van der Waals surface area contributed by atoms with Crippen LogP contribution < -0.4 is 10.9 Å². The molecule has 0 saturated carbocycles. The minimum Gasteiger partial charge on any atom is -0.324 e. The Morgan fingerprint density at radius 1 is 1.28 bits per heavy atom. The van der Waals surface area contributed by atoms with Gasteiger partial charge in [-0.15, -0.1) is 11.3 Å². The van der Waals surface area contributed by atoms with Crippen LogP contribution in [0.15, 0.2) is 58.5 Å². The molecule has 36 heavy (non-hydrogen) atoms. The highest BCUT2D eigenvalue weighted by Gasteiger charge is 2.25. The summed E-state index contributed by atoms with van der Waals surface area (Å²) in [6, 6.07) is 13.5. The van der Waals surface area contributed by atoms with Gasteiger partial charge in [0.05, 0.1) is 32.8 Å². The number of halogens is 1. The summed E-state index contributed by atoms with van der Waals surface area (Å²) >= 11 is 8.90. The normalized spacial score (nSPS) is 13.5. The van der Waals surface area contributed by atoms with E-state index in [1.54, 1.807) is 22.8 Å². The molecule has 1 atom stereocenters. The van der Waals surface area contributed by atoms with Gasteiger partial charge in [-0.2, -0.15) is 0 Å². The van der Waals surface area contributed by atoms with Crippen molar-refractivity contribution in [3.63, 3.8) is 0 Å². The van der Waals surface area contributed by atoms with Gasteiger partial charge in [0.1, 0.15) is 4.83 Å². The lowest BCUT2D eigenvalue weighted by Crippen LogP contribution is -2.27. The Hall–Kier alpha value is -3.21. The van der Waals surface area contributed by atoms with Crippen LogP contribution in [0.3, 0.4) is 0 Å². The lowest BCUT2D eigenvalue weighted by atomic mass is 10.2. The third-order valence-electron chi connectivity index (χ3n) is 6.05. The molecular formula is C25H21ClN4O4S2. The number of non-ortho nitro benzene ring substituents is 1. The van der Waals surface area contributed by atoms with Crippen LogP contribution in [0.25, 0.3) is 10.2 Å². The lowest BCUT2D eigenvalue weighted by Gasteiger charge is -2.16. The number of thioether (sulfide) groups is 1. The number of benzene rings is 2. The number of aryl methyl sites for hydroxylation is 2. The number of carbonyl (C=O) groups excluding carboxylic acids is 1. The van der Waals surface area contributed by atoms with E-state index in [0.717, 1.165) is 30.4 Å². The fourth-order valence-corrected chi connectivity index (χ4v) is 6.65. The number of nitrogens with one attached hydrogen (secondary N) is 1. The van der Waals surface area contributed by atoms with E-state index < -0.39 is 10.2 Å². The molecule has 2 heterocycles. The zero-order valence-corrected chi connectivity index (χ0v) is 21.6. The van der Waals surface area contributed by atoms with Gasteiger partial charge in [0, 0.05) is 17.0 Å². The van der Waals surface area contributed by atoms with E-state index in [0.29, 0.717) is 21.9 Å². The number of thiophene rings is 1. The number of anilines is 1. The summed E-state index contributed by atoms with van der Waals surface area (Å²) < 4.78 is 1.65. The Kier molecular flexibility index (Phi) is 6.83. The highest BCUT2D eigenvalue weighted by atomic mass is 35.5. The van der Waals surface area contributed by atoms with Gasteiger partial charge in [-0.05, 0) is 43.4 Å². The molecule has 0 aliphatic heterocycles. The van der Waals surface area contributed by atoms with E-state index in [2.05, 4.69) is 5.32 Å². The van der Waals surface area contributed by atoms with Crippen molar-refractivity contribution in [3.8, 4) is 0 Å². The first-order valence-electron chi connectivity index (χ1n) is 11.3. The average Bonchev–Trinajstić information content (AvgIpc) is 3.44. The number of hydrogen-bond acceptors (Lipinski definition) is 7. The summed E-state index contributed by atoms with van der Waals surface area (Å²) in [5.41, 5.74) is 2.11. The molecule has 11 heteroatoms. The Bertz CT molecular complexity index is 1550. The first-order chi connectivity index (χ1) is 17.3. The molecule has 1 aliphatic carbocycles. The maximum Gasteiger partial charge on any atom is 0.271 e. The van der Waals surface area contributed by atoms with Gasteiger partial charge in [-0.1, -0.05) is 53.7 Å². The molecule has 4 aromatic rings. The Labute approximate surface area is 219 Å². The number of nitro groups is 1. The molecule has 5 rings (SSSR count). The summed E-state index contributed by atoms with van der Waals surface area (Å²) in [7, 11) is 0. The molecule has 184 valence electrons. The molecule has 0 radical (unpaired) electrons. The SMILES string of the molecule is C[C@H](Sc1nc2sc3c(c2c(=O)n1Cc1ccccc1)CCC3)C(=O)Nc1ccc([N+](=O)[O-])cc1Cl. The van der Waals surface area contributed by atoms with Gasteiger partial charge < -0.3 is 5.32 Å². The molecule has 1 aliphatic rings. The van der Waals surface area contributed by atoms with Gasteiger partial charge >= 0.3 is 0 Å². The molecule has 0 bridgehead atoms. The van der Waals surface area contributed by atoms with E-state index in [4.69, 9.17) is 16.6 Å². The van der Waals surface area contributed by atoms with Crippen LogP contribution in [-0.4, -0.2) is 25.6 Å². The smallest absolute Gasteiger partial charge is 0.271 e. The van der Waals surface area contributed by atoms with Crippen LogP contribution in [0.1, 0.15) is 29.3 Å². The summed E-state index contributed by atoms with van der Waals surface area (Å²) in [5, 5.41) is 14.3. The van der Waals surface area contributed by atoms with Crippen LogP contribution in [0, 0.1) is 10.1 Å². The third-order valence-corrected chi connectivity index (χ3v) is 8.63. The summed E-state index contributed by atoms with van der Waals surface area (Å²) in [6.45, 7) is 2.06. The monoisotopic (exact) mass is 540 g/mol. The van der Waals surface area contributed by atoms with E-state index in [1.165, 1.54) is 34.8 Å². The van der Waals surface area contributed by atoms with Crippen LogP contribution in [0.2, 0.25) is 5.02 Å². The number of aromatic nitrogens is 2. The van der Waals surface area contributed by atoms with Gasteiger partial charge in [-0.25, -0.2) is 4.98 Å². The molecule has 2 aromatic carbocycles.